The van der Waals surface area contributed by atoms with Crippen LogP contribution in [-0.4, -0.2) is 33.9 Å². The fraction of sp³-hybridized carbons (Fsp3) is 0.375. The van der Waals surface area contributed by atoms with Gasteiger partial charge in [0, 0.05) is 18.8 Å². The number of nitrogens with one attached hydrogen (secondary N) is 1. The van der Waals surface area contributed by atoms with Crippen molar-refractivity contribution in [3.8, 4) is 0 Å². The maximum absolute atomic E-state index is 13.0. The van der Waals surface area contributed by atoms with Crippen molar-refractivity contribution in [1.29, 1.82) is 0 Å². The van der Waals surface area contributed by atoms with Crippen molar-refractivity contribution in [1.82, 2.24) is 9.55 Å². The highest BCUT2D eigenvalue weighted by Gasteiger charge is 2.13. The molecule has 2 aromatic carbocycles. The second kappa shape index (κ2) is 11.1. The van der Waals surface area contributed by atoms with Crippen LogP contribution in [0.25, 0.3) is 10.9 Å². The zero-order valence-electron chi connectivity index (χ0n) is 18.3. The van der Waals surface area contributed by atoms with E-state index in [-0.39, 0.29) is 23.3 Å². The van der Waals surface area contributed by atoms with Gasteiger partial charge in [-0.2, -0.15) is 0 Å². The summed E-state index contributed by atoms with van der Waals surface area (Å²) in [7, 11) is 0. The Hall–Kier alpha value is -2.64. The third-order valence-corrected chi connectivity index (χ3v) is 5.76. The average molecular weight is 440 g/mol. The smallest absolute Gasteiger partial charge is 0.262 e. The molecule has 0 aliphatic heterocycles. The predicted octanol–water partition coefficient (Wildman–Crippen LogP) is 4.50. The fourth-order valence-corrected chi connectivity index (χ4v) is 3.97. The number of carbonyl (C=O) groups excluding carboxylic acids is 1. The lowest BCUT2D eigenvalue weighted by atomic mass is 10.1. The topological polar surface area (TPSA) is 73.2 Å². The second-order valence-corrected chi connectivity index (χ2v) is 8.47. The SMILES string of the molecule is CCc1ccc(NC(=O)CSc2nc3ccccc3c(=O)n2CCCOC(C)C)cc1. The van der Waals surface area contributed by atoms with Crippen molar-refractivity contribution >= 4 is 34.3 Å². The van der Waals surface area contributed by atoms with E-state index in [9.17, 15) is 9.59 Å². The number of hydrogen-bond acceptors (Lipinski definition) is 5. The molecule has 1 N–H and O–H groups in total. The maximum Gasteiger partial charge on any atom is 0.262 e. The molecule has 1 amide bonds. The standard InChI is InChI=1S/C24H29N3O3S/c1-4-18-10-12-19(13-11-18)25-22(28)16-31-24-26-21-9-6-5-8-20(21)23(29)27(24)14-7-15-30-17(2)3/h5-6,8-13,17H,4,7,14-16H2,1-3H3,(H,25,28). The Bertz CT molecular complexity index is 1080. The molecule has 0 bridgehead atoms. The highest BCUT2D eigenvalue weighted by atomic mass is 32.2. The first kappa shape index (κ1) is 23.0. The summed E-state index contributed by atoms with van der Waals surface area (Å²) in [5, 5.41) is 4.03. The number of carbonyl (C=O) groups is 1. The molecule has 0 saturated heterocycles. The fourth-order valence-electron chi connectivity index (χ4n) is 3.15. The van der Waals surface area contributed by atoms with Gasteiger partial charge in [-0.25, -0.2) is 4.98 Å². The van der Waals surface area contributed by atoms with Gasteiger partial charge in [0.2, 0.25) is 5.91 Å². The van der Waals surface area contributed by atoms with Gasteiger partial charge in [0.15, 0.2) is 5.16 Å². The first-order valence-electron chi connectivity index (χ1n) is 10.6. The number of anilines is 1. The summed E-state index contributed by atoms with van der Waals surface area (Å²) in [4.78, 5) is 30.2. The van der Waals surface area contributed by atoms with Crippen molar-refractivity contribution in [2.45, 2.75) is 51.4 Å². The van der Waals surface area contributed by atoms with Gasteiger partial charge in [0.05, 0.1) is 22.8 Å². The summed E-state index contributed by atoms with van der Waals surface area (Å²) in [6.07, 6.45) is 1.80. The van der Waals surface area contributed by atoms with Crippen LogP contribution in [0.2, 0.25) is 0 Å². The lowest BCUT2D eigenvalue weighted by Crippen LogP contribution is -2.25. The van der Waals surface area contributed by atoms with Gasteiger partial charge in [0.1, 0.15) is 0 Å². The normalized spacial score (nSPS) is 11.2. The lowest BCUT2D eigenvalue weighted by Gasteiger charge is -2.14. The molecule has 0 radical (unpaired) electrons. The Morgan fingerprint density at radius 3 is 2.61 bits per heavy atom. The minimum absolute atomic E-state index is 0.0896. The van der Waals surface area contributed by atoms with Gasteiger partial charge in [-0.15, -0.1) is 0 Å². The van der Waals surface area contributed by atoms with Crippen molar-refractivity contribution < 1.29 is 9.53 Å². The number of aromatic nitrogens is 2. The molecule has 3 rings (SSSR count). The van der Waals surface area contributed by atoms with Gasteiger partial charge in [-0.1, -0.05) is 43.0 Å². The van der Waals surface area contributed by atoms with Crippen LogP contribution >= 0.6 is 11.8 Å². The van der Waals surface area contributed by atoms with Crippen molar-refractivity contribution in [2.75, 3.05) is 17.7 Å². The summed E-state index contributed by atoms with van der Waals surface area (Å²) < 4.78 is 7.26. The molecule has 3 aromatic rings. The van der Waals surface area contributed by atoms with Crippen LogP contribution in [0.4, 0.5) is 5.69 Å². The van der Waals surface area contributed by atoms with Crippen LogP contribution in [0.1, 0.15) is 32.8 Å². The number of nitrogens with zero attached hydrogens (tertiary/aromatic N) is 2. The van der Waals surface area contributed by atoms with Crippen LogP contribution in [0.3, 0.4) is 0 Å². The zero-order chi connectivity index (χ0) is 22.2. The largest absolute Gasteiger partial charge is 0.379 e. The first-order chi connectivity index (χ1) is 15.0. The third-order valence-electron chi connectivity index (χ3n) is 4.78. The molecule has 0 fully saturated rings. The van der Waals surface area contributed by atoms with Crippen LogP contribution < -0.4 is 10.9 Å². The number of ether oxygens (including phenoxy) is 1. The van der Waals surface area contributed by atoms with Gasteiger partial charge >= 0.3 is 0 Å². The first-order valence-corrected chi connectivity index (χ1v) is 11.6. The van der Waals surface area contributed by atoms with Crippen LogP contribution in [0.5, 0.6) is 0 Å². The van der Waals surface area contributed by atoms with Crippen molar-refractivity contribution in [3.05, 3.63) is 64.4 Å². The molecule has 31 heavy (non-hydrogen) atoms. The van der Waals surface area contributed by atoms with Gasteiger partial charge < -0.3 is 10.1 Å². The van der Waals surface area contributed by atoms with E-state index in [0.29, 0.717) is 35.6 Å². The van der Waals surface area contributed by atoms with E-state index in [1.165, 1.54) is 17.3 Å². The molecule has 1 heterocycles. The number of fused-ring (bicyclic) bond motifs is 1. The molecule has 0 aliphatic carbocycles. The predicted molar refractivity (Wildman–Crippen MR) is 127 cm³/mol. The van der Waals surface area contributed by atoms with E-state index in [4.69, 9.17) is 4.74 Å². The molecule has 7 heteroatoms. The molecule has 0 aliphatic rings. The molecule has 0 spiro atoms. The molecule has 1 aromatic heterocycles. The number of rotatable bonds is 10. The Morgan fingerprint density at radius 2 is 1.90 bits per heavy atom. The number of para-hydroxylation sites is 1. The molecular formula is C24H29N3O3S. The van der Waals surface area contributed by atoms with Crippen LogP contribution in [0, 0.1) is 0 Å². The van der Waals surface area contributed by atoms with E-state index in [1.54, 1.807) is 10.6 Å². The van der Waals surface area contributed by atoms with E-state index in [2.05, 4.69) is 17.2 Å². The Labute approximate surface area is 187 Å². The molecule has 0 unspecified atom stereocenters. The number of amides is 1. The molecular weight excluding hydrogens is 410 g/mol. The monoisotopic (exact) mass is 439 g/mol. The quantitative estimate of drug-likeness (QED) is 0.286. The van der Waals surface area contributed by atoms with E-state index in [0.717, 1.165) is 12.1 Å². The van der Waals surface area contributed by atoms with E-state index < -0.39 is 0 Å². The summed E-state index contributed by atoms with van der Waals surface area (Å²) in [5.74, 6) is 0.0364. The Kier molecular flexibility index (Phi) is 8.26. The number of benzene rings is 2. The van der Waals surface area contributed by atoms with Crippen molar-refractivity contribution in [2.24, 2.45) is 0 Å². The van der Waals surface area contributed by atoms with E-state index >= 15 is 0 Å². The summed E-state index contributed by atoms with van der Waals surface area (Å²) in [6.45, 7) is 7.12. The average Bonchev–Trinajstić information content (AvgIpc) is 2.77. The highest BCUT2D eigenvalue weighted by molar-refractivity contribution is 7.99. The summed E-state index contributed by atoms with van der Waals surface area (Å²) in [5.41, 5.74) is 2.53. The highest BCUT2D eigenvalue weighted by Crippen LogP contribution is 2.19. The lowest BCUT2D eigenvalue weighted by molar-refractivity contribution is -0.113. The summed E-state index contributed by atoms with van der Waals surface area (Å²) in [6, 6.07) is 15.1. The van der Waals surface area contributed by atoms with Gasteiger partial charge in [0.25, 0.3) is 5.56 Å². The molecule has 0 saturated carbocycles. The van der Waals surface area contributed by atoms with Crippen LogP contribution in [-0.2, 0) is 22.5 Å². The van der Waals surface area contributed by atoms with Crippen LogP contribution in [0.15, 0.2) is 58.5 Å². The second-order valence-electron chi connectivity index (χ2n) is 7.53. The Balaban J connectivity index is 1.73. The molecule has 164 valence electrons. The minimum atomic E-state index is -0.133. The van der Waals surface area contributed by atoms with Crippen molar-refractivity contribution in [3.63, 3.8) is 0 Å². The minimum Gasteiger partial charge on any atom is -0.379 e. The number of hydrogen-bond donors (Lipinski definition) is 1. The third kappa shape index (κ3) is 6.42. The zero-order valence-corrected chi connectivity index (χ0v) is 19.1. The molecule has 0 atom stereocenters. The number of thioether (sulfide) groups is 1. The van der Waals surface area contributed by atoms with Gasteiger partial charge in [-0.05, 0) is 56.5 Å². The Morgan fingerprint density at radius 1 is 1.16 bits per heavy atom. The van der Waals surface area contributed by atoms with Gasteiger partial charge in [-0.3, -0.25) is 14.2 Å². The maximum atomic E-state index is 13.0. The van der Waals surface area contributed by atoms with E-state index in [1.807, 2.05) is 56.3 Å². The number of aryl methyl sites for hydroxylation is 1. The molecule has 6 nitrogen and oxygen atoms in total. The summed E-state index contributed by atoms with van der Waals surface area (Å²) >= 11 is 1.27.